The summed E-state index contributed by atoms with van der Waals surface area (Å²) in [5.74, 6) is 0.251. The highest BCUT2D eigenvalue weighted by molar-refractivity contribution is 5.82. The van der Waals surface area contributed by atoms with Crippen molar-refractivity contribution < 1.29 is 9.53 Å². The Hall–Kier alpha value is -1.90. The van der Waals surface area contributed by atoms with Crippen molar-refractivity contribution in [3.05, 3.63) is 41.6 Å². The fourth-order valence-corrected chi connectivity index (χ4v) is 4.73. The van der Waals surface area contributed by atoms with E-state index in [-0.39, 0.29) is 17.3 Å². The normalized spacial score (nSPS) is 26.9. The Labute approximate surface area is 137 Å². The summed E-state index contributed by atoms with van der Waals surface area (Å²) in [5.41, 5.74) is 3.21. The molecule has 2 atom stereocenters. The first-order valence-electron chi connectivity index (χ1n) is 8.71. The van der Waals surface area contributed by atoms with Gasteiger partial charge in [-0.1, -0.05) is 37.5 Å². The maximum atomic E-state index is 12.7. The second-order valence-electron chi connectivity index (χ2n) is 7.02. The highest BCUT2D eigenvalue weighted by atomic mass is 16.5. The number of fused-ring (bicyclic) bond motifs is 4. The Bertz CT molecular complexity index is 754. The summed E-state index contributed by atoms with van der Waals surface area (Å²) in [7, 11) is 1.53. The van der Waals surface area contributed by atoms with Crippen molar-refractivity contribution in [2.24, 2.45) is 5.41 Å². The van der Waals surface area contributed by atoms with Crippen molar-refractivity contribution in [1.82, 2.24) is 4.98 Å². The van der Waals surface area contributed by atoms with Gasteiger partial charge in [0.1, 0.15) is 0 Å². The number of pyridine rings is 1. The van der Waals surface area contributed by atoms with E-state index < -0.39 is 0 Å². The molecule has 3 nitrogen and oxygen atoms in total. The Morgan fingerprint density at radius 3 is 2.96 bits per heavy atom. The van der Waals surface area contributed by atoms with Gasteiger partial charge >= 0.3 is 5.97 Å². The monoisotopic (exact) mass is 309 g/mol. The molecular weight excluding hydrogens is 286 g/mol. The van der Waals surface area contributed by atoms with E-state index in [4.69, 9.17) is 9.72 Å². The van der Waals surface area contributed by atoms with Crippen LogP contribution in [-0.2, 0) is 16.0 Å². The number of aromatic nitrogens is 1. The Morgan fingerprint density at radius 1 is 1.22 bits per heavy atom. The first-order chi connectivity index (χ1) is 11.2. The van der Waals surface area contributed by atoms with Crippen LogP contribution in [0.3, 0.4) is 0 Å². The second-order valence-corrected chi connectivity index (χ2v) is 7.02. The van der Waals surface area contributed by atoms with E-state index in [9.17, 15) is 4.79 Å². The average molecular weight is 309 g/mol. The molecule has 1 fully saturated rings. The third kappa shape index (κ3) is 2.25. The molecule has 0 unspecified atom stereocenters. The smallest absolute Gasteiger partial charge is 0.312 e. The first-order valence-corrected chi connectivity index (χ1v) is 8.71. The number of esters is 1. The number of rotatable bonds is 1. The van der Waals surface area contributed by atoms with Gasteiger partial charge in [0.05, 0.1) is 18.0 Å². The Balaban J connectivity index is 1.88. The average Bonchev–Trinajstić information content (AvgIpc) is 2.82. The molecule has 0 aliphatic heterocycles. The highest BCUT2D eigenvalue weighted by Gasteiger charge is 2.50. The summed E-state index contributed by atoms with van der Waals surface area (Å²) in [4.78, 5) is 17.6. The van der Waals surface area contributed by atoms with Crippen LogP contribution < -0.4 is 0 Å². The molecule has 1 saturated carbocycles. The maximum absolute atomic E-state index is 12.7. The van der Waals surface area contributed by atoms with Gasteiger partial charge in [0.2, 0.25) is 0 Å². The lowest BCUT2D eigenvalue weighted by Crippen LogP contribution is -2.41. The number of hydrogen-bond donors (Lipinski definition) is 0. The quantitative estimate of drug-likeness (QED) is 0.733. The van der Waals surface area contributed by atoms with Crippen LogP contribution in [0.1, 0.15) is 55.7 Å². The van der Waals surface area contributed by atoms with E-state index in [1.54, 1.807) is 0 Å². The molecule has 4 rings (SSSR count). The molecule has 23 heavy (non-hydrogen) atoms. The van der Waals surface area contributed by atoms with Gasteiger partial charge in [-0.2, -0.15) is 0 Å². The molecule has 1 aromatic carbocycles. The van der Waals surface area contributed by atoms with E-state index in [1.807, 2.05) is 6.07 Å². The molecule has 2 aliphatic carbocycles. The molecule has 1 heterocycles. The van der Waals surface area contributed by atoms with Gasteiger partial charge in [0.15, 0.2) is 0 Å². The van der Waals surface area contributed by atoms with Gasteiger partial charge in [-0.25, -0.2) is 0 Å². The van der Waals surface area contributed by atoms with Crippen molar-refractivity contribution in [2.45, 2.75) is 50.9 Å². The third-order valence-electron chi connectivity index (χ3n) is 5.89. The number of ether oxygens (including phenoxy) is 1. The molecule has 3 heteroatoms. The largest absolute Gasteiger partial charge is 0.469 e. The predicted molar refractivity (Wildman–Crippen MR) is 90.3 cm³/mol. The molecule has 2 aliphatic rings. The third-order valence-corrected chi connectivity index (χ3v) is 5.89. The van der Waals surface area contributed by atoms with Crippen molar-refractivity contribution in [3.63, 3.8) is 0 Å². The van der Waals surface area contributed by atoms with Crippen LogP contribution in [0.5, 0.6) is 0 Å². The molecule has 0 N–H and O–H groups in total. The summed E-state index contributed by atoms with van der Waals surface area (Å²) in [5, 5.41) is 1.18. The summed E-state index contributed by atoms with van der Waals surface area (Å²) < 4.78 is 5.25. The zero-order valence-electron chi connectivity index (χ0n) is 13.7. The molecular formula is C20H23NO2. The Kier molecular flexibility index (Phi) is 3.59. The van der Waals surface area contributed by atoms with E-state index in [0.29, 0.717) is 0 Å². The minimum absolute atomic E-state index is 0.0109. The molecule has 1 aromatic heterocycles. The molecule has 0 radical (unpaired) electrons. The lowest BCUT2D eigenvalue weighted by molar-refractivity contribution is -0.156. The number of benzene rings is 1. The van der Waals surface area contributed by atoms with Crippen molar-refractivity contribution in [1.29, 1.82) is 0 Å². The first kappa shape index (κ1) is 14.7. The fourth-order valence-electron chi connectivity index (χ4n) is 4.73. The van der Waals surface area contributed by atoms with Gasteiger partial charge in [-0.3, -0.25) is 9.78 Å². The topological polar surface area (TPSA) is 39.2 Å². The predicted octanol–water partition coefficient (Wildman–Crippen LogP) is 4.39. The molecule has 0 saturated heterocycles. The van der Waals surface area contributed by atoms with Gasteiger partial charge in [-0.15, -0.1) is 0 Å². The second kappa shape index (κ2) is 5.63. The van der Waals surface area contributed by atoms with Gasteiger partial charge in [0.25, 0.3) is 0 Å². The summed E-state index contributed by atoms with van der Waals surface area (Å²) >= 11 is 0. The summed E-state index contributed by atoms with van der Waals surface area (Å²) in [6.07, 6.45) is 7.32. The van der Waals surface area contributed by atoms with E-state index >= 15 is 0 Å². The molecule has 0 amide bonds. The maximum Gasteiger partial charge on any atom is 0.312 e. The number of carbonyl (C=O) groups is 1. The number of carbonyl (C=O) groups excluding carboxylic acids is 1. The van der Waals surface area contributed by atoms with Gasteiger partial charge < -0.3 is 4.74 Å². The van der Waals surface area contributed by atoms with E-state index in [1.165, 1.54) is 36.6 Å². The van der Waals surface area contributed by atoms with Gasteiger partial charge in [-0.05, 0) is 43.4 Å². The number of hydrogen-bond acceptors (Lipinski definition) is 3. The van der Waals surface area contributed by atoms with Crippen LogP contribution in [0.2, 0.25) is 0 Å². The zero-order valence-corrected chi connectivity index (χ0v) is 13.7. The summed E-state index contributed by atoms with van der Waals surface area (Å²) in [6.45, 7) is 0. The van der Waals surface area contributed by atoms with Crippen LogP contribution in [-0.4, -0.2) is 18.1 Å². The fraction of sp³-hybridized carbons (Fsp3) is 0.500. The minimum atomic E-state index is -0.331. The lowest BCUT2D eigenvalue weighted by atomic mass is 9.62. The van der Waals surface area contributed by atoms with Crippen molar-refractivity contribution in [3.8, 4) is 0 Å². The zero-order chi connectivity index (χ0) is 15.9. The minimum Gasteiger partial charge on any atom is -0.469 e. The number of para-hydroxylation sites is 1. The summed E-state index contributed by atoms with van der Waals surface area (Å²) in [6, 6.07) is 10.6. The highest BCUT2D eigenvalue weighted by Crippen LogP contribution is 2.53. The molecule has 120 valence electrons. The van der Waals surface area contributed by atoms with Crippen LogP contribution in [0.25, 0.3) is 10.9 Å². The van der Waals surface area contributed by atoms with Crippen LogP contribution in [0, 0.1) is 5.41 Å². The number of aryl methyl sites for hydroxylation is 1. The lowest BCUT2D eigenvalue weighted by Gasteiger charge is -2.41. The number of methoxy groups -OCH3 is 1. The SMILES string of the molecule is COC(=O)[C@@]12CCCCC[C@H]1c1cc3ccccc3nc1CC2. The van der Waals surface area contributed by atoms with Gasteiger partial charge in [0, 0.05) is 17.0 Å². The molecule has 0 spiro atoms. The standard InChI is InChI=1S/C20H23NO2/c1-23-19(22)20-11-6-2-3-8-16(20)15-13-14-7-4-5-9-17(14)21-18(15)10-12-20/h4-5,7,9,13,16H,2-3,6,8,10-12H2,1H3/t16-,20+/m0/s1. The van der Waals surface area contributed by atoms with Crippen LogP contribution >= 0.6 is 0 Å². The van der Waals surface area contributed by atoms with E-state index in [0.717, 1.165) is 37.6 Å². The number of nitrogens with zero attached hydrogens (tertiary/aromatic N) is 1. The van der Waals surface area contributed by atoms with E-state index in [2.05, 4.69) is 24.3 Å². The van der Waals surface area contributed by atoms with Crippen molar-refractivity contribution >= 4 is 16.9 Å². The van der Waals surface area contributed by atoms with Crippen LogP contribution in [0.4, 0.5) is 0 Å². The molecule has 0 bridgehead atoms. The van der Waals surface area contributed by atoms with Crippen LogP contribution in [0.15, 0.2) is 30.3 Å². The van der Waals surface area contributed by atoms with Crippen molar-refractivity contribution in [2.75, 3.05) is 7.11 Å². The Morgan fingerprint density at radius 2 is 2.09 bits per heavy atom. The molecule has 2 aromatic rings.